The number of hydrogen-bond donors (Lipinski definition) is 0. The van der Waals surface area contributed by atoms with E-state index in [0.29, 0.717) is 0 Å². The standard InChI is InChI=1S/C9H18/c1-3-4-5-8(2)9-6-7-9/h8-9H,3-7H2,1-2H3/t8-/m1/s1. The third kappa shape index (κ3) is 2.38. The fourth-order valence-corrected chi connectivity index (χ4v) is 1.43. The average molecular weight is 126 g/mol. The van der Waals surface area contributed by atoms with E-state index in [2.05, 4.69) is 13.8 Å². The molecule has 0 saturated heterocycles. The molecule has 9 heavy (non-hydrogen) atoms. The molecule has 1 aliphatic carbocycles. The summed E-state index contributed by atoms with van der Waals surface area (Å²) >= 11 is 0. The highest BCUT2D eigenvalue weighted by Crippen LogP contribution is 2.38. The molecule has 0 aliphatic heterocycles. The summed E-state index contributed by atoms with van der Waals surface area (Å²) in [5.41, 5.74) is 0. The zero-order valence-electron chi connectivity index (χ0n) is 6.69. The first-order valence-electron chi connectivity index (χ1n) is 4.34. The summed E-state index contributed by atoms with van der Waals surface area (Å²) in [4.78, 5) is 0. The Kier molecular flexibility index (Phi) is 2.56. The first-order valence-corrected chi connectivity index (χ1v) is 4.34. The van der Waals surface area contributed by atoms with Crippen LogP contribution < -0.4 is 0 Å². The molecule has 1 atom stereocenters. The van der Waals surface area contributed by atoms with Crippen molar-refractivity contribution in [3.05, 3.63) is 0 Å². The maximum Gasteiger partial charge on any atom is -0.0388 e. The van der Waals surface area contributed by atoms with E-state index in [1.807, 2.05) is 0 Å². The predicted molar refractivity (Wildman–Crippen MR) is 41.4 cm³/mol. The van der Waals surface area contributed by atoms with Gasteiger partial charge >= 0.3 is 0 Å². The van der Waals surface area contributed by atoms with Gasteiger partial charge in [-0.25, -0.2) is 0 Å². The van der Waals surface area contributed by atoms with Crippen LogP contribution in [0.25, 0.3) is 0 Å². The minimum atomic E-state index is 1.03. The molecule has 0 unspecified atom stereocenters. The SMILES string of the molecule is CCCC[C@@H](C)C1CC1. The van der Waals surface area contributed by atoms with Gasteiger partial charge in [0.15, 0.2) is 0 Å². The molecule has 1 aliphatic rings. The van der Waals surface area contributed by atoms with Gasteiger partial charge in [0.25, 0.3) is 0 Å². The fraction of sp³-hybridized carbons (Fsp3) is 1.00. The first-order chi connectivity index (χ1) is 4.34. The molecule has 0 nitrogen and oxygen atoms in total. The minimum Gasteiger partial charge on any atom is -0.0654 e. The lowest BCUT2D eigenvalue weighted by Gasteiger charge is -2.06. The number of hydrogen-bond acceptors (Lipinski definition) is 0. The van der Waals surface area contributed by atoms with E-state index < -0.39 is 0 Å². The largest absolute Gasteiger partial charge is 0.0654 e. The van der Waals surface area contributed by atoms with Gasteiger partial charge in [0.05, 0.1) is 0 Å². The van der Waals surface area contributed by atoms with Crippen molar-refractivity contribution in [2.75, 3.05) is 0 Å². The van der Waals surface area contributed by atoms with Crippen LogP contribution in [0.4, 0.5) is 0 Å². The molecule has 1 fully saturated rings. The van der Waals surface area contributed by atoms with Crippen molar-refractivity contribution in [3.8, 4) is 0 Å². The Hall–Kier alpha value is 0. The Morgan fingerprint density at radius 1 is 1.44 bits per heavy atom. The molecule has 0 spiro atoms. The van der Waals surface area contributed by atoms with Gasteiger partial charge < -0.3 is 0 Å². The van der Waals surface area contributed by atoms with Crippen molar-refractivity contribution in [1.82, 2.24) is 0 Å². The van der Waals surface area contributed by atoms with E-state index in [4.69, 9.17) is 0 Å². The highest BCUT2D eigenvalue weighted by atomic mass is 14.3. The molecule has 1 rings (SSSR count). The lowest BCUT2D eigenvalue weighted by Crippen LogP contribution is -1.95. The summed E-state index contributed by atoms with van der Waals surface area (Å²) in [7, 11) is 0. The molecule has 0 bridgehead atoms. The van der Waals surface area contributed by atoms with Crippen LogP contribution in [0.3, 0.4) is 0 Å². The molecule has 0 aromatic heterocycles. The second-order valence-electron chi connectivity index (χ2n) is 3.46. The number of unbranched alkanes of at least 4 members (excludes halogenated alkanes) is 1. The molecule has 0 aromatic carbocycles. The highest BCUT2D eigenvalue weighted by Gasteiger charge is 2.26. The topological polar surface area (TPSA) is 0 Å². The lowest BCUT2D eigenvalue weighted by atomic mass is 10.00. The maximum atomic E-state index is 2.41. The van der Waals surface area contributed by atoms with Crippen molar-refractivity contribution in [2.24, 2.45) is 11.8 Å². The molecule has 0 heterocycles. The van der Waals surface area contributed by atoms with Gasteiger partial charge in [0, 0.05) is 0 Å². The van der Waals surface area contributed by atoms with Gasteiger partial charge in [0.2, 0.25) is 0 Å². The zero-order chi connectivity index (χ0) is 6.69. The predicted octanol–water partition coefficient (Wildman–Crippen LogP) is 3.22. The van der Waals surface area contributed by atoms with Crippen LogP contribution >= 0.6 is 0 Å². The Labute approximate surface area is 58.7 Å². The van der Waals surface area contributed by atoms with Gasteiger partial charge in [0.1, 0.15) is 0 Å². The van der Waals surface area contributed by atoms with Crippen LogP contribution in [0.1, 0.15) is 46.0 Å². The third-order valence-electron chi connectivity index (χ3n) is 2.44. The van der Waals surface area contributed by atoms with Crippen molar-refractivity contribution in [2.45, 2.75) is 46.0 Å². The summed E-state index contributed by atoms with van der Waals surface area (Å²) in [6.45, 7) is 4.69. The van der Waals surface area contributed by atoms with Crippen LogP contribution in [-0.4, -0.2) is 0 Å². The summed E-state index contributed by atoms with van der Waals surface area (Å²) in [5, 5.41) is 0. The summed E-state index contributed by atoms with van der Waals surface area (Å²) < 4.78 is 0. The second-order valence-corrected chi connectivity index (χ2v) is 3.46. The Bertz CT molecular complexity index is 72.1. The van der Waals surface area contributed by atoms with Gasteiger partial charge in [-0.1, -0.05) is 33.1 Å². The van der Waals surface area contributed by atoms with Gasteiger partial charge in [-0.15, -0.1) is 0 Å². The Morgan fingerprint density at radius 2 is 2.11 bits per heavy atom. The molecule has 0 heteroatoms. The van der Waals surface area contributed by atoms with Crippen LogP contribution in [0.15, 0.2) is 0 Å². The molecule has 0 N–H and O–H groups in total. The Balaban J connectivity index is 1.96. The summed E-state index contributed by atoms with van der Waals surface area (Å²) in [6.07, 6.45) is 7.33. The summed E-state index contributed by atoms with van der Waals surface area (Å²) in [5.74, 6) is 2.15. The first kappa shape index (κ1) is 7.11. The van der Waals surface area contributed by atoms with Crippen LogP contribution in [0.2, 0.25) is 0 Å². The second kappa shape index (κ2) is 3.24. The third-order valence-corrected chi connectivity index (χ3v) is 2.44. The molecular formula is C9H18. The van der Waals surface area contributed by atoms with Crippen LogP contribution in [-0.2, 0) is 0 Å². The molecule has 54 valence electrons. The molecule has 0 aromatic rings. The van der Waals surface area contributed by atoms with E-state index in [9.17, 15) is 0 Å². The quantitative estimate of drug-likeness (QED) is 0.542. The van der Waals surface area contributed by atoms with E-state index in [1.165, 1.54) is 32.1 Å². The highest BCUT2D eigenvalue weighted by molar-refractivity contribution is 4.78. The molecule has 1 saturated carbocycles. The maximum absolute atomic E-state index is 2.41. The monoisotopic (exact) mass is 126 g/mol. The fourth-order valence-electron chi connectivity index (χ4n) is 1.43. The minimum absolute atomic E-state index is 1.03. The van der Waals surface area contributed by atoms with Crippen molar-refractivity contribution >= 4 is 0 Å². The normalized spacial score (nSPS) is 22.0. The van der Waals surface area contributed by atoms with Crippen LogP contribution in [0, 0.1) is 11.8 Å². The van der Waals surface area contributed by atoms with E-state index in [0.717, 1.165) is 11.8 Å². The lowest BCUT2D eigenvalue weighted by molar-refractivity contribution is 0.451. The molecule has 0 amide bonds. The zero-order valence-corrected chi connectivity index (χ0v) is 6.69. The van der Waals surface area contributed by atoms with Gasteiger partial charge in [-0.2, -0.15) is 0 Å². The average Bonchev–Trinajstić information content (AvgIpc) is 2.63. The van der Waals surface area contributed by atoms with Gasteiger partial charge in [-0.3, -0.25) is 0 Å². The molecular weight excluding hydrogens is 108 g/mol. The van der Waals surface area contributed by atoms with Crippen LogP contribution in [0.5, 0.6) is 0 Å². The van der Waals surface area contributed by atoms with Crippen molar-refractivity contribution < 1.29 is 0 Å². The van der Waals surface area contributed by atoms with E-state index >= 15 is 0 Å². The van der Waals surface area contributed by atoms with Crippen molar-refractivity contribution in [1.29, 1.82) is 0 Å². The van der Waals surface area contributed by atoms with Crippen molar-refractivity contribution in [3.63, 3.8) is 0 Å². The van der Waals surface area contributed by atoms with E-state index in [-0.39, 0.29) is 0 Å². The number of rotatable bonds is 4. The smallest absolute Gasteiger partial charge is 0.0388 e. The Morgan fingerprint density at radius 3 is 2.56 bits per heavy atom. The van der Waals surface area contributed by atoms with Gasteiger partial charge in [-0.05, 0) is 24.7 Å². The molecule has 0 radical (unpaired) electrons. The summed E-state index contributed by atoms with van der Waals surface area (Å²) in [6, 6.07) is 0. The van der Waals surface area contributed by atoms with E-state index in [1.54, 1.807) is 0 Å².